The summed E-state index contributed by atoms with van der Waals surface area (Å²) in [5, 5.41) is 0. The molecule has 0 saturated carbocycles. The molecule has 3 heteroatoms. The lowest BCUT2D eigenvalue weighted by atomic mass is 9.78. The van der Waals surface area contributed by atoms with Gasteiger partial charge in [0, 0.05) is 0 Å². The van der Waals surface area contributed by atoms with Crippen LogP contribution in [0.5, 0.6) is 0 Å². The van der Waals surface area contributed by atoms with Gasteiger partial charge >= 0.3 is 7.12 Å². The van der Waals surface area contributed by atoms with Gasteiger partial charge in [0.25, 0.3) is 0 Å². The molecule has 0 bridgehead atoms. The van der Waals surface area contributed by atoms with Gasteiger partial charge in [-0.3, -0.25) is 0 Å². The van der Waals surface area contributed by atoms with Crippen molar-refractivity contribution < 1.29 is 9.31 Å². The molecule has 1 heterocycles. The van der Waals surface area contributed by atoms with E-state index in [2.05, 4.69) is 155 Å². The molecular formula is C36H33BO2. The Labute approximate surface area is 232 Å². The molecule has 0 amide bonds. The van der Waals surface area contributed by atoms with Crippen LogP contribution < -0.4 is 5.46 Å². The highest BCUT2D eigenvalue weighted by molar-refractivity contribution is 6.62. The van der Waals surface area contributed by atoms with E-state index in [0.29, 0.717) is 0 Å². The fourth-order valence-electron chi connectivity index (χ4n) is 5.11. The average molecular weight is 508 g/mol. The van der Waals surface area contributed by atoms with Crippen LogP contribution in [0.15, 0.2) is 127 Å². The number of rotatable bonds is 5. The van der Waals surface area contributed by atoms with Gasteiger partial charge in [0.15, 0.2) is 0 Å². The van der Waals surface area contributed by atoms with Gasteiger partial charge < -0.3 is 9.31 Å². The average Bonchev–Trinajstić information content (AvgIpc) is 3.20. The monoisotopic (exact) mass is 508 g/mol. The highest BCUT2D eigenvalue weighted by atomic mass is 16.7. The van der Waals surface area contributed by atoms with Crippen LogP contribution in [-0.2, 0) is 9.31 Å². The molecule has 5 aromatic carbocycles. The molecule has 192 valence electrons. The first-order valence-corrected chi connectivity index (χ1v) is 13.6. The van der Waals surface area contributed by atoms with Crippen molar-refractivity contribution in [2.45, 2.75) is 38.9 Å². The summed E-state index contributed by atoms with van der Waals surface area (Å²) in [6, 6.07) is 45.4. The van der Waals surface area contributed by atoms with Crippen molar-refractivity contribution in [3.8, 4) is 44.5 Å². The Morgan fingerprint density at radius 2 is 0.744 bits per heavy atom. The Hall–Kier alpha value is -3.92. The highest BCUT2D eigenvalue weighted by Crippen LogP contribution is 2.37. The van der Waals surface area contributed by atoms with Crippen LogP contribution >= 0.6 is 0 Å². The van der Waals surface area contributed by atoms with Crippen molar-refractivity contribution in [3.05, 3.63) is 127 Å². The highest BCUT2D eigenvalue weighted by Gasteiger charge is 2.51. The summed E-state index contributed by atoms with van der Waals surface area (Å²) in [5.74, 6) is 0. The molecule has 1 aliphatic heterocycles. The van der Waals surface area contributed by atoms with E-state index in [1.165, 1.54) is 33.4 Å². The molecule has 5 aromatic rings. The van der Waals surface area contributed by atoms with Crippen LogP contribution in [0.25, 0.3) is 44.5 Å². The fourth-order valence-corrected chi connectivity index (χ4v) is 5.11. The quantitative estimate of drug-likeness (QED) is 0.221. The molecular weight excluding hydrogens is 475 g/mol. The predicted octanol–water partition coefficient (Wildman–Crippen LogP) is 8.65. The SMILES string of the molecule is CC1(C)OB(c2cccc(-c3cccc(-c4cc(-c5ccccc5)cc(-c5ccccc5)c4)c3)c2)OC1(C)C. The van der Waals surface area contributed by atoms with Crippen molar-refractivity contribution in [1.29, 1.82) is 0 Å². The molecule has 0 N–H and O–H groups in total. The summed E-state index contributed by atoms with van der Waals surface area (Å²) >= 11 is 0. The van der Waals surface area contributed by atoms with Gasteiger partial charge in [-0.2, -0.15) is 0 Å². The van der Waals surface area contributed by atoms with Gasteiger partial charge in [-0.1, -0.05) is 103 Å². The molecule has 0 spiro atoms. The van der Waals surface area contributed by atoms with Crippen LogP contribution in [0.3, 0.4) is 0 Å². The number of hydrogen-bond acceptors (Lipinski definition) is 2. The Morgan fingerprint density at radius 3 is 1.26 bits per heavy atom. The summed E-state index contributed by atoms with van der Waals surface area (Å²) in [7, 11) is -0.380. The second-order valence-corrected chi connectivity index (χ2v) is 11.3. The minimum atomic E-state index is -0.380. The normalized spacial score (nSPS) is 15.8. The third-order valence-electron chi connectivity index (χ3n) is 8.09. The maximum absolute atomic E-state index is 6.32. The molecule has 1 aliphatic rings. The number of hydrogen-bond donors (Lipinski definition) is 0. The van der Waals surface area contributed by atoms with Crippen LogP contribution in [-0.4, -0.2) is 18.3 Å². The van der Waals surface area contributed by atoms with Gasteiger partial charge in [-0.05, 0) is 102 Å². The molecule has 0 aliphatic carbocycles. The van der Waals surface area contributed by atoms with Crippen LogP contribution in [0.2, 0.25) is 0 Å². The van der Waals surface area contributed by atoms with E-state index in [0.717, 1.165) is 16.6 Å². The standard InChI is InChI=1S/C36H33BO2/c1-35(2)36(3,4)39-37(38-35)34-20-12-19-30(25-34)28-17-11-18-29(21-28)33-23-31(26-13-7-5-8-14-26)22-32(24-33)27-15-9-6-10-16-27/h5-25H,1-4H3. The fraction of sp³-hybridized carbons (Fsp3) is 0.167. The van der Waals surface area contributed by atoms with E-state index in [1.54, 1.807) is 0 Å². The molecule has 39 heavy (non-hydrogen) atoms. The van der Waals surface area contributed by atoms with Crippen LogP contribution in [0, 0.1) is 0 Å². The summed E-state index contributed by atoms with van der Waals surface area (Å²) < 4.78 is 12.6. The zero-order chi connectivity index (χ0) is 27.0. The van der Waals surface area contributed by atoms with Crippen molar-refractivity contribution >= 4 is 12.6 Å². The van der Waals surface area contributed by atoms with Crippen molar-refractivity contribution in [2.75, 3.05) is 0 Å². The van der Waals surface area contributed by atoms with E-state index in [9.17, 15) is 0 Å². The lowest BCUT2D eigenvalue weighted by Crippen LogP contribution is -2.41. The third kappa shape index (κ3) is 5.08. The van der Waals surface area contributed by atoms with Crippen LogP contribution in [0.4, 0.5) is 0 Å². The van der Waals surface area contributed by atoms with E-state index < -0.39 is 0 Å². The van der Waals surface area contributed by atoms with E-state index in [-0.39, 0.29) is 18.3 Å². The maximum atomic E-state index is 6.32. The van der Waals surface area contributed by atoms with Gasteiger partial charge in [0.2, 0.25) is 0 Å². The van der Waals surface area contributed by atoms with E-state index in [1.807, 2.05) is 0 Å². The molecule has 0 unspecified atom stereocenters. The second kappa shape index (κ2) is 10.00. The zero-order valence-electron chi connectivity index (χ0n) is 23.0. The Bertz CT molecular complexity index is 1530. The Kier molecular flexibility index (Phi) is 6.50. The molecule has 0 atom stereocenters. The Morgan fingerprint density at radius 1 is 0.385 bits per heavy atom. The Balaban J connectivity index is 1.39. The minimum absolute atomic E-state index is 0.367. The van der Waals surface area contributed by atoms with Crippen LogP contribution in [0.1, 0.15) is 27.7 Å². The summed E-state index contributed by atoms with van der Waals surface area (Å²) in [5.41, 5.74) is 9.83. The molecule has 6 rings (SSSR count). The molecule has 0 radical (unpaired) electrons. The summed E-state index contributed by atoms with van der Waals surface area (Å²) in [6.45, 7) is 8.36. The van der Waals surface area contributed by atoms with E-state index in [4.69, 9.17) is 9.31 Å². The van der Waals surface area contributed by atoms with Gasteiger partial charge in [0.1, 0.15) is 0 Å². The minimum Gasteiger partial charge on any atom is -0.399 e. The lowest BCUT2D eigenvalue weighted by molar-refractivity contribution is 0.00578. The topological polar surface area (TPSA) is 18.5 Å². The van der Waals surface area contributed by atoms with Gasteiger partial charge in [0.05, 0.1) is 11.2 Å². The predicted molar refractivity (Wildman–Crippen MR) is 164 cm³/mol. The van der Waals surface area contributed by atoms with Crippen molar-refractivity contribution in [1.82, 2.24) is 0 Å². The first-order valence-electron chi connectivity index (χ1n) is 13.6. The first kappa shape index (κ1) is 25.4. The maximum Gasteiger partial charge on any atom is 0.494 e. The lowest BCUT2D eigenvalue weighted by Gasteiger charge is -2.32. The largest absolute Gasteiger partial charge is 0.494 e. The van der Waals surface area contributed by atoms with Crippen molar-refractivity contribution in [3.63, 3.8) is 0 Å². The zero-order valence-corrected chi connectivity index (χ0v) is 23.0. The second-order valence-electron chi connectivity index (χ2n) is 11.3. The smallest absolute Gasteiger partial charge is 0.399 e. The molecule has 0 aromatic heterocycles. The molecule has 1 saturated heterocycles. The molecule has 2 nitrogen and oxygen atoms in total. The van der Waals surface area contributed by atoms with Gasteiger partial charge in [-0.15, -0.1) is 0 Å². The summed E-state index contributed by atoms with van der Waals surface area (Å²) in [4.78, 5) is 0. The summed E-state index contributed by atoms with van der Waals surface area (Å²) in [6.07, 6.45) is 0. The van der Waals surface area contributed by atoms with E-state index >= 15 is 0 Å². The third-order valence-corrected chi connectivity index (χ3v) is 8.09. The van der Waals surface area contributed by atoms with Crippen molar-refractivity contribution in [2.24, 2.45) is 0 Å². The number of benzene rings is 5. The van der Waals surface area contributed by atoms with Gasteiger partial charge in [-0.25, -0.2) is 0 Å². The first-order chi connectivity index (χ1) is 18.8. The molecule has 1 fully saturated rings.